The molecule has 2 N–H and O–H groups in total. The van der Waals surface area contributed by atoms with E-state index in [-0.39, 0.29) is 11.8 Å². The zero-order valence-electron chi connectivity index (χ0n) is 11.9. The van der Waals surface area contributed by atoms with E-state index in [1.807, 2.05) is 29.6 Å². The second-order valence-electron chi connectivity index (χ2n) is 5.02. The first kappa shape index (κ1) is 15.1. The van der Waals surface area contributed by atoms with Gasteiger partial charge in [0.2, 0.25) is 11.8 Å². The van der Waals surface area contributed by atoms with E-state index in [1.165, 1.54) is 0 Å². The molecule has 3 rings (SSSR count). The summed E-state index contributed by atoms with van der Waals surface area (Å²) in [5, 5.41) is 7.79. The standard InChI is InChI=1S/C16H16N2O2S2/c19-15(9-12-2-1-7-21-12)17-6-5-11-3-4-14-13(8-11)18-16(20)10-22-14/h1-4,7-8H,5-6,9-10H2,(H,17,19)(H,18,20). The number of carbonyl (C=O) groups is 2. The highest BCUT2D eigenvalue weighted by Crippen LogP contribution is 2.31. The van der Waals surface area contributed by atoms with Crippen LogP contribution in [-0.2, 0) is 22.4 Å². The SMILES string of the molecule is O=C(Cc1cccs1)NCCc1ccc2c(c1)NC(=O)CS2. The smallest absolute Gasteiger partial charge is 0.234 e. The largest absolute Gasteiger partial charge is 0.355 e. The molecular weight excluding hydrogens is 316 g/mol. The maximum absolute atomic E-state index is 11.8. The van der Waals surface area contributed by atoms with E-state index in [0.29, 0.717) is 18.7 Å². The van der Waals surface area contributed by atoms with Crippen molar-refractivity contribution in [1.82, 2.24) is 5.32 Å². The van der Waals surface area contributed by atoms with Crippen LogP contribution < -0.4 is 10.6 Å². The number of rotatable bonds is 5. The lowest BCUT2D eigenvalue weighted by Gasteiger charge is -2.17. The van der Waals surface area contributed by atoms with Gasteiger partial charge in [0.05, 0.1) is 17.9 Å². The van der Waals surface area contributed by atoms with Crippen molar-refractivity contribution in [2.45, 2.75) is 17.7 Å². The third kappa shape index (κ3) is 3.90. The van der Waals surface area contributed by atoms with E-state index in [9.17, 15) is 9.59 Å². The lowest BCUT2D eigenvalue weighted by molar-refractivity contribution is -0.120. The highest BCUT2D eigenvalue weighted by atomic mass is 32.2. The molecular formula is C16H16N2O2S2. The number of thiophene rings is 1. The molecule has 0 atom stereocenters. The van der Waals surface area contributed by atoms with Crippen LogP contribution in [0.2, 0.25) is 0 Å². The van der Waals surface area contributed by atoms with Gasteiger partial charge < -0.3 is 10.6 Å². The van der Waals surface area contributed by atoms with E-state index in [1.54, 1.807) is 23.1 Å². The van der Waals surface area contributed by atoms with Gasteiger partial charge in [-0.2, -0.15) is 0 Å². The predicted molar refractivity (Wildman–Crippen MR) is 90.5 cm³/mol. The van der Waals surface area contributed by atoms with Crippen molar-refractivity contribution in [2.24, 2.45) is 0 Å². The molecule has 0 fully saturated rings. The van der Waals surface area contributed by atoms with Gasteiger partial charge in [-0.05, 0) is 35.6 Å². The molecule has 1 aliphatic rings. The minimum atomic E-state index is 0.0406. The number of carbonyl (C=O) groups excluding carboxylic acids is 2. The van der Waals surface area contributed by atoms with Crippen LogP contribution in [0.25, 0.3) is 0 Å². The Morgan fingerprint density at radius 2 is 2.23 bits per heavy atom. The van der Waals surface area contributed by atoms with Gasteiger partial charge in [0.1, 0.15) is 0 Å². The molecule has 0 unspecified atom stereocenters. The van der Waals surface area contributed by atoms with Gasteiger partial charge in [0.25, 0.3) is 0 Å². The van der Waals surface area contributed by atoms with Gasteiger partial charge in [-0.25, -0.2) is 0 Å². The topological polar surface area (TPSA) is 58.2 Å². The Hall–Kier alpha value is -1.79. The average Bonchev–Trinajstić information content (AvgIpc) is 2.99. The summed E-state index contributed by atoms with van der Waals surface area (Å²) < 4.78 is 0. The molecule has 2 heterocycles. The normalized spacial score (nSPS) is 13.4. The molecule has 1 aromatic carbocycles. The maximum atomic E-state index is 11.8. The molecule has 0 spiro atoms. The number of hydrogen-bond acceptors (Lipinski definition) is 4. The summed E-state index contributed by atoms with van der Waals surface area (Å²) >= 11 is 3.15. The molecule has 2 amide bonds. The minimum absolute atomic E-state index is 0.0406. The summed E-state index contributed by atoms with van der Waals surface area (Å²) in [7, 11) is 0. The molecule has 4 nitrogen and oxygen atoms in total. The van der Waals surface area contributed by atoms with Crippen molar-refractivity contribution in [1.29, 1.82) is 0 Å². The summed E-state index contributed by atoms with van der Waals surface area (Å²) in [6.07, 6.45) is 1.19. The first-order valence-corrected chi connectivity index (χ1v) is 8.92. The Balaban J connectivity index is 1.50. The summed E-state index contributed by atoms with van der Waals surface area (Å²) in [6, 6.07) is 9.99. The maximum Gasteiger partial charge on any atom is 0.234 e. The number of amides is 2. The van der Waals surface area contributed by atoms with Crippen molar-refractivity contribution in [2.75, 3.05) is 17.6 Å². The molecule has 6 heteroatoms. The molecule has 1 aliphatic heterocycles. The van der Waals surface area contributed by atoms with Gasteiger partial charge >= 0.3 is 0 Å². The molecule has 114 valence electrons. The summed E-state index contributed by atoms with van der Waals surface area (Å²) in [6.45, 7) is 0.601. The zero-order chi connectivity index (χ0) is 15.4. The fraction of sp³-hybridized carbons (Fsp3) is 0.250. The monoisotopic (exact) mass is 332 g/mol. The van der Waals surface area contributed by atoms with Crippen molar-refractivity contribution >= 4 is 40.6 Å². The van der Waals surface area contributed by atoms with E-state index >= 15 is 0 Å². The molecule has 0 saturated heterocycles. The second-order valence-corrected chi connectivity index (χ2v) is 7.07. The molecule has 1 aromatic heterocycles. The Kier molecular flexibility index (Phi) is 4.80. The van der Waals surface area contributed by atoms with Gasteiger partial charge in [0, 0.05) is 16.3 Å². The third-order valence-electron chi connectivity index (χ3n) is 3.33. The molecule has 22 heavy (non-hydrogen) atoms. The molecule has 2 aromatic rings. The van der Waals surface area contributed by atoms with Gasteiger partial charge in [0.15, 0.2) is 0 Å². The van der Waals surface area contributed by atoms with E-state index in [0.717, 1.165) is 27.4 Å². The molecule has 0 radical (unpaired) electrons. The Morgan fingerprint density at radius 3 is 3.05 bits per heavy atom. The van der Waals surface area contributed by atoms with Crippen LogP contribution in [-0.4, -0.2) is 24.1 Å². The highest BCUT2D eigenvalue weighted by Gasteiger charge is 2.15. The number of anilines is 1. The molecule has 0 aliphatic carbocycles. The minimum Gasteiger partial charge on any atom is -0.355 e. The number of fused-ring (bicyclic) bond motifs is 1. The van der Waals surface area contributed by atoms with Crippen LogP contribution in [0.5, 0.6) is 0 Å². The fourth-order valence-electron chi connectivity index (χ4n) is 2.27. The first-order valence-electron chi connectivity index (χ1n) is 7.05. The van der Waals surface area contributed by atoms with Crippen molar-refractivity contribution < 1.29 is 9.59 Å². The first-order chi connectivity index (χ1) is 10.7. The Morgan fingerprint density at radius 1 is 1.32 bits per heavy atom. The average molecular weight is 332 g/mol. The molecule has 0 bridgehead atoms. The second kappa shape index (κ2) is 6.98. The van der Waals surface area contributed by atoms with E-state index in [4.69, 9.17) is 0 Å². The third-order valence-corrected chi connectivity index (χ3v) is 5.28. The Labute approximate surface area is 137 Å². The van der Waals surface area contributed by atoms with Gasteiger partial charge in [-0.1, -0.05) is 12.1 Å². The highest BCUT2D eigenvalue weighted by molar-refractivity contribution is 8.00. The fourth-order valence-corrected chi connectivity index (χ4v) is 3.76. The van der Waals surface area contributed by atoms with E-state index in [2.05, 4.69) is 16.7 Å². The quantitative estimate of drug-likeness (QED) is 0.885. The number of nitrogens with one attached hydrogen (secondary N) is 2. The number of thioether (sulfide) groups is 1. The Bertz CT molecular complexity index is 683. The predicted octanol–water partition coefficient (Wildman–Crippen LogP) is 2.69. The lowest BCUT2D eigenvalue weighted by atomic mass is 10.1. The summed E-state index contributed by atoms with van der Waals surface area (Å²) in [4.78, 5) is 25.4. The lowest BCUT2D eigenvalue weighted by Crippen LogP contribution is -2.27. The summed E-state index contributed by atoms with van der Waals surface area (Å²) in [5.41, 5.74) is 1.99. The number of hydrogen-bond donors (Lipinski definition) is 2. The van der Waals surface area contributed by atoms with E-state index < -0.39 is 0 Å². The van der Waals surface area contributed by atoms with Crippen LogP contribution in [0.1, 0.15) is 10.4 Å². The van der Waals surface area contributed by atoms with Crippen molar-refractivity contribution in [3.05, 3.63) is 46.2 Å². The summed E-state index contributed by atoms with van der Waals surface area (Å²) in [5.74, 6) is 0.564. The van der Waals surface area contributed by atoms with Crippen molar-refractivity contribution in [3.8, 4) is 0 Å². The zero-order valence-corrected chi connectivity index (χ0v) is 13.6. The van der Waals surface area contributed by atoms with Crippen LogP contribution >= 0.6 is 23.1 Å². The molecule has 0 saturated carbocycles. The van der Waals surface area contributed by atoms with Crippen LogP contribution in [0, 0.1) is 0 Å². The van der Waals surface area contributed by atoms with Crippen molar-refractivity contribution in [3.63, 3.8) is 0 Å². The van der Waals surface area contributed by atoms with Crippen LogP contribution in [0.4, 0.5) is 5.69 Å². The van der Waals surface area contributed by atoms with Crippen LogP contribution in [0.3, 0.4) is 0 Å². The number of benzene rings is 1. The van der Waals surface area contributed by atoms with Crippen LogP contribution in [0.15, 0.2) is 40.6 Å². The van der Waals surface area contributed by atoms with Gasteiger partial charge in [-0.3, -0.25) is 9.59 Å². The van der Waals surface area contributed by atoms with Gasteiger partial charge in [-0.15, -0.1) is 23.1 Å².